The molecule has 1 aliphatic rings. The van der Waals surface area contributed by atoms with Gasteiger partial charge in [0.2, 0.25) is 0 Å². The van der Waals surface area contributed by atoms with Gasteiger partial charge in [0.1, 0.15) is 0 Å². The van der Waals surface area contributed by atoms with Crippen molar-refractivity contribution in [1.82, 2.24) is 5.32 Å². The number of hydrogen-bond acceptors (Lipinski definition) is 5. The first kappa shape index (κ1) is 20.8. The lowest BCUT2D eigenvalue weighted by Gasteiger charge is -2.26. The third-order valence-corrected chi connectivity index (χ3v) is 4.64. The topological polar surface area (TPSA) is 73.9 Å². The zero-order valence-corrected chi connectivity index (χ0v) is 16.3. The molecular formula is C21H29NO5. The van der Waals surface area contributed by atoms with Gasteiger partial charge in [-0.05, 0) is 56.2 Å². The number of nitrogens with one attached hydrogen (secondary N) is 1. The summed E-state index contributed by atoms with van der Waals surface area (Å²) in [5.74, 6) is 0.835. The zero-order chi connectivity index (χ0) is 19.6. The summed E-state index contributed by atoms with van der Waals surface area (Å²) in [6, 6.07) is 5.60. The van der Waals surface area contributed by atoms with Crippen LogP contribution in [0.2, 0.25) is 0 Å². The molecule has 2 rings (SSSR count). The van der Waals surface area contributed by atoms with Gasteiger partial charge in [0.25, 0.3) is 5.91 Å². The molecule has 1 amide bonds. The van der Waals surface area contributed by atoms with Crippen molar-refractivity contribution >= 4 is 18.0 Å². The summed E-state index contributed by atoms with van der Waals surface area (Å²) in [6.45, 7) is 3.58. The Morgan fingerprint density at radius 1 is 1.15 bits per heavy atom. The van der Waals surface area contributed by atoms with Crippen molar-refractivity contribution in [3.63, 3.8) is 0 Å². The summed E-state index contributed by atoms with van der Waals surface area (Å²) in [5, 5.41) is 2.92. The van der Waals surface area contributed by atoms with E-state index in [9.17, 15) is 9.59 Å². The second-order valence-electron chi connectivity index (χ2n) is 6.88. The molecule has 27 heavy (non-hydrogen) atoms. The van der Waals surface area contributed by atoms with E-state index in [4.69, 9.17) is 14.2 Å². The average molecular weight is 375 g/mol. The van der Waals surface area contributed by atoms with E-state index in [1.165, 1.54) is 7.11 Å². The van der Waals surface area contributed by atoms with Crippen LogP contribution in [-0.2, 0) is 14.3 Å². The summed E-state index contributed by atoms with van der Waals surface area (Å²) >= 11 is 0. The predicted octanol–water partition coefficient (Wildman–Crippen LogP) is 3.35. The van der Waals surface area contributed by atoms with E-state index in [1.54, 1.807) is 6.07 Å². The normalized spacial score (nSPS) is 19.5. The fourth-order valence-corrected chi connectivity index (χ4v) is 3.10. The highest BCUT2D eigenvalue weighted by molar-refractivity contribution is 5.81. The van der Waals surface area contributed by atoms with Crippen LogP contribution in [-0.4, -0.2) is 38.2 Å². The molecule has 0 atom stereocenters. The first-order chi connectivity index (χ1) is 13.0. The lowest BCUT2D eigenvalue weighted by Crippen LogP contribution is -2.39. The summed E-state index contributed by atoms with van der Waals surface area (Å²) < 4.78 is 15.7. The second-order valence-corrected chi connectivity index (χ2v) is 6.88. The fraction of sp³-hybridized carbons (Fsp3) is 0.524. The minimum absolute atomic E-state index is 0.184. The molecule has 0 unspecified atom stereocenters. The minimum atomic E-state index is -0.595. The standard InChI is InChI=1S/C21H29NO5/c1-4-5-16-8-11-18(19(12-16)25-3)26-14-21(24)27-13-20(23)22-17-9-6-15(2)7-10-17/h4-5,8,11-12,15,17H,6-7,9-10,13-14H2,1-3H3,(H,22,23)/b5-4+. The van der Waals surface area contributed by atoms with E-state index in [0.717, 1.165) is 37.2 Å². The maximum atomic E-state index is 11.9. The quantitative estimate of drug-likeness (QED) is 0.706. The first-order valence-corrected chi connectivity index (χ1v) is 9.40. The third-order valence-electron chi connectivity index (χ3n) is 4.64. The number of ether oxygens (including phenoxy) is 3. The predicted molar refractivity (Wildman–Crippen MR) is 104 cm³/mol. The van der Waals surface area contributed by atoms with Crippen LogP contribution in [0.3, 0.4) is 0 Å². The van der Waals surface area contributed by atoms with Crippen molar-refractivity contribution in [2.24, 2.45) is 5.92 Å². The molecule has 0 aromatic heterocycles. The summed E-state index contributed by atoms with van der Waals surface area (Å²) in [7, 11) is 1.54. The second kappa shape index (κ2) is 10.6. The van der Waals surface area contributed by atoms with Crippen LogP contribution < -0.4 is 14.8 Å². The van der Waals surface area contributed by atoms with E-state index < -0.39 is 5.97 Å². The van der Waals surface area contributed by atoms with Gasteiger partial charge in [-0.25, -0.2) is 4.79 Å². The number of allylic oxidation sites excluding steroid dienone is 1. The van der Waals surface area contributed by atoms with E-state index in [0.29, 0.717) is 11.5 Å². The molecule has 1 aliphatic carbocycles. The molecule has 1 aromatic rings. The molecule has 0 saturated heterocycles. The van der Waals surface area contributed by atoms with E-state index >= 15 is 0 Å². The summed E-state index contributed by atoms with van der Waals surface area (Å²) in [6.07, 6.45) is 8.05. The molecular weight excluding hydrogens is 346 g/mol. The molecule has 1 fully saturated rings. The van der Waals surface area contributed by atoms with Gasteiger partial charge in [-0.1, -0.05) is 25.1 Å². The average Bonchev–Trinajstić information content (AvgIpc) is 2.67. The number of amides is 1. The Bertz CT molecular complexity index is 663. The van der Waals surface area contributed by atoms with Gasteiger partial charge in [-0.2, -0.15) is 0 Å². The number of rotatable bonds is 8. The molecule has 6 heteroatoms. The number of methoxy groups -OCH3 is 1. The maximum absolute atomic E-state index is 11.9. The Hall–Kier alpha value is -2.50. The van der Waals surface area contributed by atoms with Crippen LogP contribution in [0, 0.1) is 5.92 Å². The van der Waals surface area contributed by atoms with Gasteiger partial charge < -0.3 is 19.5 Å². The lowest BCUT2D eigenvalue weighted by molar-refractivity contribution is -0.150. The SMILES string of the molecule is C/C=C/c1ccc(OCC(=O)OCC(=O)NC2CCC(C)CC2)c(OC)c1. The Balaban J connectivity index is 1.73. The molecule has 1 aromatic carbocycles. The summed E-state index contributed by atoms with van der Waals surface area (Å²) in [4.78, 5) is 23.8. The van der Waals surface area contributed by atoms with Crippen LogP contribution in [0.25, 0.3) is 6.08 Å². The van der Waals surface area contributed by atoms with E-state index in [1.807, 2.05) is 31.2 Å². The highest BCUT2D eigenvalue weighted by Gasteiger charge is 2.20. The molecule has 0 aliphatic heterocycles. The lowest BCUT2D eigenvalue weighted by atomic mass is 9.87. The Labute approximate surface area is 160 Å². The molecule has 0 bridgehead atoms. The largest absolute Gasteiger partial charge is 0.493 e. The number of benzene rings is 1. The fourth-order valence-electron chi connectivity index (χ4n) is 3.10. The van der Waals surface area contributed by atoms with Crippen molar-refractivity contribution in [1.29, 1.82) is 0 Å². The Morgan fingerprint density at radius 3 is 2.56 bits per heavy atom. The van der Waals surface area contributed by atoms with E-state index in [2.05, 4.69) is 12.2 Å². The molecule has 1 saturated carbocycles. The first-order valence-electron chi connectivity index (χ1n) is 9.40. The van der Waals surface area contributed by atoms with Crippen LogP contribution in [0.4, 0.5) is 0 Å². The maximum Gasteiger partial charge on any atom is 0.344 e. The monoisotopic (exact) mass is 375 g/mol. The van der Waals surface area contributed by atoms with Gasteiger partial charge in [-0.15, -0.1) is 0 Å². The number of carbonyl (C=O) groups excluding carboxylic acids is 2. The van der Waals surface area contributed by atoms with Crippen molar-refractivity contribution in [2.45, 2.75) is 45.6 Å². The molecule has 0 spiro atoms. The number of carbonyl (C=O) groups is 2. The van der Waals surface area contributed by atoms with Crippen LogP contribution in [0.5, 0.6) is 11.5 Å². The Kier molecular flexibility index (Phi) is 8.17. The van der Waals surface area contributed by atoms with Gasteiger partial charge in [0.05, 0.1) is 7.11 Å². The van der Waals surface area contributed by atoms with Crippen LogP contribution in [0.1, 0.15) is 45.1 Å². The molecule has 6 nitrogen and oxygen atoms in total. The molecule has 0 radical (unpaired) electrons. The third kappa shape index (κ3) is 6.96. The highest BCUT2D eigenvalue weighted by Crippen LogP contribution is 2.28. The highest BCUT2D eigenvalue weighted by atomic mass is 16.6. The molecule has 0 heterocycles. The van der Waals surface area contributed by atoms with Crippen molar-refractivity contribution in [3.8, 4) is 11.5 Å². The molecule has 148 valence electrons. The Morgan fingerprint density at radius 2 is 1.89 bits per heavy atom. The van der Waals surface area contributed by atoms with Crippen molar-refractivity contribution in [2.75, 3.05) is 20.3 Å². The van der Waals surface area contributed by atoms with Gasteiger partial charge >= 0.3 is 5.97 Å². The number of esters is 1. The smallest absolute Gasteiger partial charge is 0.344 e. The number of hydrogen-bond donors (Lipinski definition) is 1. The minimum Gasteiger partial charge on any atom is -0.493 e. The van der Waals surface area contributed by atoms with Crippen LogP contribution in [0.15, 0.2) is 24.3 Å². The van der Waals surface area contributed by atoms with Crippen molar-refractivity contribution in [3.05, 3.63) is 29.8 Å². The van der Waals surface area contributed by atoms with Gasteiger partial charge in [0.15, 0.2) is 24.7 Å². The van der Waals surface area contributed by atoms with E-state index in [-0.39, 0.29) is 25.2 Å². The zero-order valence-electron chi connectivity index (χ0n) is 16.3. The van der Waals surface area contributed by atoms with Crippen LogP contribution >= 0.6 is 0 Å². The van der Waals surface area contributed by atoms with Gasteiger partial charge in [0, 0.05) is 6.04 Å². The van der Waals surface area contributed by atoms with Crippen molar-refractivity contribution < 1.29 is 23.8 Å². The molecule has 1 N–H and O–H groups in total. The van der Waals surface area contributed by atoms with Gasteiger partial charge in [-0.3, -0.25) is 4.79 Å². The summed E-state index contributed by atoms with van der Waals surface area (Å²) in [5.41, 5.74) is 0.970.